The molecule has 0 atom stereocenters. The summed E-state index contributed by atoms with van der Waals surface area (Å²) in [5, 5.41) is 0. The Hall–Kier alpha value is -2.35. The van der Waals surface area contributed by atoms with Crippen LogP contribution in [0.3, 0.4) is 0 Å². The number of hydrogen-bond donors (Lipinski definition) is 0. The van der Waals surface area contributed by atoms with Crippen molar-refractivity contribution >= 4 is 12.0 Å². The number of fused-ring (bicyclic) bond motifs is 3. The van der Waals surface area contributed by atoms with E-state index in [1.54, 1.807) is 0 Å². The summed E-state index contributed by atoms with van der Waals surface area (Å²) in [6, 6.07) is 8.23. The molecule has 2 aliphatic carbocycles. The fourth-order valence-electron chi connectivity index (χ4n) is 3.73. The third-order valence-electron chi connectivity index (χ3n) is 4.80. The van der Waals surface area contributed by atoms with E-state index in [1.807, 2.05) is 6.07 Å². The smallest absolute Gasteiger partial charge is 0.267 e. The van der Waals surface area contributed by atoms with Crippen LogP contribution in [0, 0.1) is 6.92 Å². The number of aryl methyl sites for hydroxylation is 1. The highest BCUT2D eigenvalue weighted by Crippen LogP contribution is 2.40. The number of carbonyl (C=O) groups excluding carboxylic acids is 1. The fraction of sp³-hybridized carbons (Fsp3) is 0.211. The lowest BCUT2D eigenvalue weighted by Crippen LogP contribution is -2.05. The Morgan fingerprint density at radius 2 is 2.05 bits per heavy atom. The minimum absolute atomic E-state index is 0.566. The first-order valence-electron chi connectivity index (χ1n) is 7.37. The minimum atomic E-state index is -0.575. The summed E-state index contributed by atoms with van der Waals surface area (Å²) < 4.78 is 0. The molecule has 1 N–H and O–H groups in total. The second-order valence-electron chi connectivity index (χ2n) is 5.88. The van der Waals surface area contributed by atoms with Gasteiger partial charge in [-0.15, -0.1) is 0 Å². The predicted octanol–water partition coefficient (Wildman–Crippen LogP) is 3.75. The molecule has 0 saturated heterocycles. The Bertz CT molecular complexity index is 815. The van der Waals surface area contributed by atoms with E-state index in [2.05, 4.69) is 37.3 Å². The average molecular weight is 274 g/mol. The molecule has 103 valence electrons. The van der Waals surface area contributed by atoms with Gasteiger partial charge in [-0.1, -0.05) is 30.4 Å². The van der Waals surface area contributed by atoms with Crippen LogP contribution in [0.4, 0.5) is 0 Å². The molecular formula is C19H16NO. The molecule has 2 aromatic carbocycles. The molecular weight excluding hydrogens is 258 g/mol. The van der Waals surface area contributed by atoms with E-state index >= 15 is 0 Å². The van der Waals surface area contributed by atoms with E-state index in [-0.39, 0.29) is 0 Å². The first kappa shape index (κ1) is 12.4. The van der Waals surface area contributed by atoms with E-state index in [9.17, 15) is 4.79 Å². The minimum Gasteiger partial charge on any atom is -0.267 e. The molecule has 0 saturated carbocycles. The van der Waals surface area contributed by atoms with Crippen LogP contribution in [-0.4, -0.2) is 5.91 Å². The van der Waals surface area contributed by atoms with Gasteiger partial charge in [-0.25, -0.2) is 0 Å². The number of rotatable bonds is 2. The Labute approximate surface area is 124 Å². The summed E-state index contributed by atoms with van der Waals surface area (Å²) in [5.74, 6) is -0.575. The molecule has 1 radical (unpaired) electrons. The summed E-state index contributed by atoms with van der Waals surface area (Å²) in [7, 11) is 0. The SMILES string of the molecule is Cc1c2cc(C([NH])=O)c(-c3cccc4c3C=CC4)c1CC2. The highest BCUT2D eigenvalue weighted by atomic mass is 16.1. The number of nitrogens with one attached hydrogen (secondary N) is 1. The predicted molar refractivity (Wildman–Crippen MR) is 84.2 cm³/mol. The molecule has 21 heavy (non-hydrogen) atoms. The zero-order valence-corrected chi connectivity index (χ0v) is 12.0. The maximum atomic E-state index is 11.8. The average Bonchev–Trinajstić information content (AvgIpc) is 3.01. The van der Waals surface area contributed by atoms with E-state index in [4.69, 9.17) is 5.73 Å². The third-order valence-corrected chi connectivity index (χ3v) is 4.80. The number of benzene rings is 2. The second kappa shape index (κ2) is 4.32. The number of amides is 1. The first-order valence-corrected chi connectivity index (χ1v) is 7.37. The highest BCUT2D eigenvalue weighted by Gasteiger charge is 2.26. The van der Waals surface area contributed by atoms with Crippen LogP contribution in [0.1, 0.15) is 38.2 Å². The van der Waals surface area contributed by atoms with Gasteiger partial charge in [-0.3, -0.25) is 10.5 Å². The lowest BCUT2D eigenvalue weighted by molar-refractivity contribution is 0.0992. The maximum absolute atomic E-state index is 11.8. The van der Waals surface area contributed by atoms with E-state index in [0.717, 1.165) is 30.4 Å². The molecule has 0 heterocycles. The lowest BCUT2D eigenvalue weighted by Gasteiger charge is -2.15. The van der Waals surface area contributed by atoms with Gasteiger partial charge in [0.25, 0.3) is 5.91 Å². The molecule has 2 aliphatic rings. The molecule has 2 aromatic rings. The van der Waals surface area contributed by atoms with Crippen LogP contribution in [-0.2, 0) is 19.3 Å². The number of hydrogen-bond acceptors (Lipinski definition) is 1. The van der Waals surface area contributed by atoms with Crippen molar-refractivity contribution in [3.8, 4) is 11.1 Å². The normalized spacial score (nSPS) is 14.5. The van der Waals surface area contributed by atoms with Crippen LogP contribution in [0.2, 0.25) is 0 Å². The van der Waals surface area contributed by atoms with Crippen LogP contribution in [0.5, 0.6) is 0 Å². The molecule has 1 amide bonds. The molecule has 2 nitrogen and oxygen atoms in total. The van der Waals surface area contributed by atoms with Crippen LogP contribution in [0.25, 0.3) is 17.2 Å². The van der Waals surface area contributed by atoms with Crippen molar-refractivity contribution < 1.29 is 4.79 Å². The summed E-state index contributed by atoms with van der Waals surface area (Å²) in [5.41, 5.74) is 16.6. The van der Waals surface area contributed by atoms with Crippen molar-refractivity contribution in [3.63, 3.8) is 0 Å². The van der Waals surface area contributed by atoms with Gasteiger partial charge >= 0.3 is 0 Å². The molecule has 2 heteroatoms. The van der Waals surface area contributed by atoms with Gasteiger partial charge in [-0.05, 0) is 71.2 Å². The second-order valence-corrected chi connectivity index (χ2v) is 5.88. The van der Waals surface area contributed by atoms with Crippen molar-refractivity contribution in [2.75, 3.05) is 0 Å². The van der Waals surface area contributed by atoms with Crippen molar-refractivity contribution in [2.24, 2.45) is 0 Å². The Kier molecular flexibility index (Phi) is 2.55. The molecule has 4 rings (SSSR count). The van der Waals surface area contributed by atoms with Gasteiger partial charge in [0.1, 0.15) is 0 Å². The zero-order valence-electron chi connectivity index (χ0n) is 12.0. The van der Waals surface area contributed by atoms with E-state index < -0.39 is 5.91 Å². The topological polar surface area (TPSA) is 40.9 Å². The molecule has 2 bridgehead atoms. The molecule has 0 aromatic heterocycles. The van der Waals surface area contributed by atoms with E-state index in [0.29, 0.717) is 5.56 Å². The van der Waals surface area contributed by atoms with Gasteiger partial charge < -0.3 is 0 Å². The van der Waals surface area contributed by atoms with Gasteiger partial charge in [0.05, 0.1) is 0 Å². The van der Waals surface area contributed by atoms with E-state index in [1.165, 1.54) is 27.8 Å². The van der Waals surface area contributed by atoms with Gasteiger partial charge in [-0.2, -0.15) is 0 Å². The third kappa shape index (κ3) is 1.69. The molecule has 0 aliphatic heterocycles. The number of carbonyl (C=O) groups is 1. The van der Waals surface area contributed by atoms with Crippen molar-refractivity contribution in [1.29, 1.82) is 0 Å². The van der Waals surface area contributed by atoms with Gasteiger partial charge in [0, 0.05) is 5.56 Å². The monoisotopic (exact) mass is 274 g/mol. The molecule has 0 spiro atoms. The van der Waals surface area contributed by atoms with Crippen molar-refractivity contribution in [3.05, 3.63) is 63.7 Å². The largest absolute Gasteiger partial charge is 0.270 e. The fourth-order valence-corrected chi connectivity index (χ4v) is 3.73. The number of allylic oxidation sites excluding steroid dienone is 1. The molecule has 0 fully saturated rings. The summed E-state index contributed by atoms with van der Waals surface area (Å²) in [4.78, 5) is 11.8. The summed E-state index contributed by atoms with van der Waals surface area (Å²) >= 11 is 0. The zero-order chi connectivity index (χ0) is 14.6. The van der Waals surface area contributed by atoms with Crippen LogP contribution >= 0.6 is 0 Å². The summed E-state index contributed by atoms with van der Waals surface area (Å²) in [6.07, 6.45) is 7.24. The van der Waals surface area contributed by atoms with Crippen molar-refractivity contribution in [1.82, 2.24) is 5.73 Å². The first-order chi connectivity index (χ1) is 10.2. The van der Waals surface area contributed by atoms with Crippen LogP contribution < -0.4 is 5.73 Å². The van der Waals surface area contributed by atoms with Crippen LogP contribution in [0.15, 0.2) is 30.3 Å². The van der Waals surface area contributed by atoms with Gasteiger partial charge in [0.15, 0.2) is 0 Å². The quantitative estimate of drug-likeness (QED) is 0.822. The molecule has 0 unspecified atom stereocenters. The highest BCUT2D eigenvalue weighted by molar-refractivity contribution is 6.02. The summed E-state index contributed by atoms with van der Waals surface area (Å²) in [6.45, 7) is 2.14. The Morgan fingerprint density at radius 3 is 2.86 bits per heavy atom. The standard InChI is InChI=1S/C19H16NO/c1-11-13-8-9-14(11)18(17(10-13)19(20)21)16-7-3-5-12-4-2-6-15(12)16/h2-3,5-7,10,20H,4,8-9H2,1H3. The maximum Gasteiger partial charge on any atom is 0.270 e. The van der Waals surface area contributed by atoms with Gasteiger partial charge in [0.2, 0.25) is 0 Å². The Balaban J connectivity index is 2.07. The Morgan fingerprint density at radius 1 is 1.19 bits per heavy atom. The lowest BCUT2D eigenvalue weighted by atomic mass is 9.88. The van der Waals surface area contributed by atoms with Crippen molar-refractivity contribution in [2.45, 2.75) is 26.2 Å².